The van der Waals surface area contributed by atoms with E-state index < -0.39 is 145 Å². The second-order valence-corrected chi connectivity index (χ2v) is 23.2. The van der Waals surface area contributed by atoms with E-state index in [1.54, 1.807) is 6.92 Å². The fraction of sp³-hybridized carbons (Fsp3) is 0.976. The lowest BCUT2D eigenvalue weighted by atomic mass is 9.90. The molecule has 4 aliphatic rings. The molecule has 0 amide bonds. The van der Waals surface area contributed by atoms with Gasteiger partial charge >= 0.3 is 0 Å². The molecule has 4 aliphatic heterocycles. The molecule has 4 heterocycles. The van der Waals surface area contributed by atoms with Gasteiger partial charge in [0.05, 0.1) is 57.3 Å². The van der Waals surface area contributed by atoms with Crippen LogP contribution < -0.4 is 10.6 Å². The lowest BCUT2D eigenvalue weighted by molar-refractivity contribution is -0.260. The first-order chi connectivity index (χ1) is 33.9. The standard InChI is InChI=1S/C42H78N2O22S5/c1-21-25(63-37(59)33(55)26(21)48)16-68-12-5-43-41(67)44-17-42(18-60-6-2-9-69-38-34(56)30(52)27(49)22(13-45)64-38,19-61-7-3-10-70-39-35(57)31(53)28(50)23(14-46)65-39)20-62-8-4-11-71-40-36(58)32(54)29(51)24(15-47)66-40/h21-40,45-59H,2-20H2,1H3,(H2,43,44,67)/t21-,22?,23?,24?,25?,26?,27-,28-,29-,30?,31?,32?,33+,34-,35-,36+,37+,38-,39-,40+,42?/m1/s1. The summed E-state index contributed by atoms with van der Waals surface area (Å²) in [6, 6.07) is 0. The molecule has 0 saturated carbocycles. The predicted octanol–water partition coefficient (Wildman–Crippen LogP) is -5.94. The van der Waals surface area contributed by atoms with Crippen LogP contribution in [-0.2, 0) is 33.2 Å². The van der Waals surface area contributed by atoms with Crippen LogP contribution in [0, 0.1) is 11.3 Å². The Bertz CT molecular complexity index is 1360. The highest BCUT2D eigenvalue weighted by atomic mass is 32.2. The van der Waals surface area contributed by atoms with Crippen LogP contribution in [0.2, 0.25) is 0 Å². The van der Waals surface area contributed by atoms with Gasteiger partial charge in [0, 0.05) is 50.3 Å². The number of ether oxygens (including phenoxy) is 7. The van der Waals surface area contributed by atoms with Crippen molar-refractivity contribution >= 4 is 64.4 Å². The van der Waals surface area contributed by atoms with Gasteiger partial charge in [-0.15, -0.1) is 35.3 Å². The number of aliphatic hydroxyl groups is 15. The van der Waals surface area contributed by atoms with Gasteiger partial charge < -0.3 is 120 Å². The van der Waals surface area contributed by atoms with Gasteiger partial charge in [0.1, 0.15) is 95.7 Å². The van der Waals surface area contributed by atoms with E-state index in [0.29, 0.717) is 59.7 Å². The molecule has 4 rings (SSSR count). The summed E-state index contributed by atoms with van der Waals surface area (Å²) in [6.07, 6.45) is -19.3. The van der Waals surface area contributed by atoms with E-state index in [9.17, 15) is 76.6 Å². The van der Waals surface area contributed by atoms with Crippen molar-refractivity contribution in [3.63, 3.8) is 0 Å². The van der Waals surface area contributed by atoms with E-state index in [1.807, 2.05) is 0 Å². The van der Waals surface area contributed by atoms with Gasteiger partial charge in [-0.1, -0.05) is 6.92 Å². The van der Waals surface area contributed by atoms with Gasteiger partial charge in [-0.2, -0.15) is 11.8 Å². The molecule has 0 aromatic rings. The molecule has 0 radical (unpaired) electrons. The fourth-order valence-corrected chi connectivity index (χ4v) is 12.4. The topological polar surface area (TPSA) is 392 Å². The third-order valence-electron chi connectivity index (χ3n) is 12.4. The monoisotopic (exact) mass is 1120 g/mol. The summed E-state index contributed by atoms with van der Waals surface area (Å²) in [5.74, 6) is 1.87. The normalized spacial score (nSPS) is 38.7. The summed E-state index contributed by atoms with van der Waals surface area (Å²) in [5.41, 5.74) is -3.60. The summed E-state index contributed by atoms with van der Waals surface area (Å²) >= 11 is 10.7. The molecule has 418 valence electrons. The molecular weight excluding hydrogens is 1040 g/mol. The quantitative estimate of drug-likeness (QED) is 0.0227. The number of hydrogen-bond acceptors (Lipinski definition) is 27. The lowest BCUT2D eigenvalue weighted by Crippen LogP contribution is -2.57. The first-order valence-electron chi connectivity index (χ1n) is 23.7. The number of thiocarbonyl (C=S) groups is 1. The summed E-state index contributed by atoms with van der Waals surface area (Å²) < 4.78 is 41.0. The minimum atomic E-state index is -1.50. The maximum Gasteiger partial charge on any atom is 0.183 e. The maximum absolute atomic E-state index is 10.5. The lowest BCUT2D eigenvalue weighted by Gasteiger charge is -2.39. The van der Waals surface area contributed by atoms with Gasteiger partial charge in [-0.3, -0.25) is 0 Å². The summed E-state index contributed by atoms with van der Waals surface area (Å²) in [7, 11) is 0. The van der Waals surface area contributed by atoms with Crippen LogP contribution >= 0.6 is 59.3 Å². The first-order valence-corrected chi connectivity index (χ1v) is 28.4. The molecule has 0 spiro atoms. The fourth-order valence-electron chi connectivity index (χ4n) is 7.88. The van der Waals surface area contributed by atoms with Crippen LogP contribution in [-0.4, -0.2) is 297 Å². The Morgan fingerprint density at radius 2 is 0.887 bits per heavy atom. The highest BCUT2D eigenvalue weighted by Crippen LogP contribution is 2.32. The molecule has 0 bridgehead atoms. The average molecular weight is 1120 g/mol. The number of nitrogens with one attached hydrogen (secondary N) is 2. The number of hydrogen-bond donors (Lipinski definition) is 17. The molecular formula is C42H78N2O22S5. The van der Waals surface area contributed by atoms with Crippen molar-refractivity contribution in [2.24, 2.45) is 11.3 Å². The minimum absolute atomic E-state index is 0.0917. The van der Waals surface area contributed by atoms with E-state index in [2.05, 4.69) is 10.6 Å². The van der Waals surface area contributed by atoms with Gasteiger partial charge in [0.25, 0.3) is 0 Å². The van der Waals surface area contributed by atoms with Crippen LogP contribution in [0.15, 0.2) is 0 Å². The molecule has 20 atom stereocenters. The van der Waals surface area contributed by atoms with Crippen molar-refractivity contribution in [3.8, 4) is 0 Å². The zero-order valence-electron chi connectivity index (χ0n) is 39.6. The van der Waals surface area contributed by atoms with E-state index in [0.717, 1.165) is 0 Å². The molecule has 4 fully saturated rings. The van der Waals surface area contributed by atoms with Gasteiger partial charge in [0.15, 0.2) is 11.4 Å². The van der Waals surface area contributed by atoms with Crippen molar-refractivity contribution in [1.82, 2.24) is 10.6 Å². The van der Waals surface area contributed by atoms with Crippen molar-refractivity contribution < 1.29 is 110 Å². The number of rotatable bonds is 31. The SMILES string of the molecule is C[C@@H]1C(CSCCNC(=S)NCC(COCCCS[C@H]2OC(CO)[C@@H](O)C(O)[C@H]2O)(COCCCS[C@H]2OC(CO)[C@@H](O)C(O)[C@H]2O)COCCCS[C@@H]2OC(CO)[C@@H](O)C(O)[C@@H]2O)O[C@H](O)[C@@H](O)C1O. The molecule has 71 heavy (non-hydrogen) atoms. The van der Waals surface area contributed by atoms with Crippen LogP contribution in [0.1, 0.15) is 26.2 Å². The second-order valence-electron chi connectivity index (χ2n) is 18.0. The van der Waals surface area contributed by atoms with E-state index in [4.69, 9.17) is 45.4 Å². The van der Waals surface area contributed by atoms with Gasteiger partial charge in [-0.25, -0.2) is 0 Å². The van der Waals surface area contributed by atoms with Gasteiger partial charge in [0.2, 0.25) is 0 Å². The Labute approximate surface area is 435 Å². The molecule has 17 N–H and O–H groups in total. The summed E-state index contributed by atoms with van der Waals surface area (Å²) in [4.78, 5) is 0. The van der Waals surface area contributed by atoms with E-state index >= 15 is 0 Å². The van der Waals surface area contributed by atoms with Crippen molar-refractivity contribution in [3.05, 3.63) is 0 Å². The third-order valence-corrected chi connectivity index (χ3v) is 17.5. The third kappa shape index (κ3) is 19.3. The van der Waals surface area contributed by atoms with Crippen molar-refractivity contribution in [1.29, 1.82) is 0 Å². The Kier molecular flexibility index (Phi) is 29.5. The molecule has 0 aromatic carbocycles. The Balaban J connectivity index is 1.36. The van der Waals surface area contributed by atoms with Crippen LogP contribution in [0.25, 0.3) is 0 Å². The van der Waals surface area contributed by atoms with E-state index in [-0.39, 0.29) is 46.2 Å². The molecule has 24 nitrogen and oxygen atoms in total. The number of thioether (sulfide) groups is 4. The Hall–Kier alpha value is 0.210. The molecule has 8 unspecified atom stereocenters. The highest BCUT2D eigenvalue weighted by molar-refractivity contribution is 8.00. The summed E-state index contributed by atoms with van der Waals surface area (Å²) in [6.45, 7) is 1.70. The van der Waals surface area contributed by atoms with Crippen molar-refractivity contribution in [2.45, 2.75) is 140 Å². The van der Waals surface area contributed by atoms with Crippen LogP contribution in [0.5, 0.6) is 0 Å². The predicted molar refractivity (Wildman–Crippen MR) is 265 cm³/mol. The Morgan fingerprint density at radius 3 is 1.27 bits per heavy atom. The zero-order chi connectivity index (χ0) is 52.3. The smallest absolute Gasteiger partial charge is 0.183 e. The van der Waals surface area contributed by atoms with Crippen molar-refractivity contribution in [2.75, 3.05) is 101 Å². The second kappa shape index (κ2) is 32.8. The molecule has 0 aliphatic carbocycles. The first kappa shape index (κ1) is 63.7. The zero-order valence-corrected chi connectivity index (χ0v) is 43.7. The highest BCUT2D eigenvalue weighted by Gasteiger charge is 2.46. The van der Waals surface area contributed by atoms with E-state index in [1.165, 1.54) is 47.0 Å². The van der Waals surface area contributed by atoms with Crippen LogP contribution in [0.4, 0.5) is 0 Å². The molecule has 29 heteroatoms. The minimum Gasteiger partial charge on any atom is -0.394 e. The average Bonchev–Trinajstić information content (AvgIpc) is 3.36. The van der Waals surface area contributed by atoms with Crippen LogP contribution in [0.3, 0.4) is 0 Å². The summed E-state index contributed by atoms with van der Waals surface area (Å²) in [5, 5.41) is 158. The Morgan fingerprint density at radius 1 is 0.493 bits per heavy atom. The molecule has 4 saturated heterocycles. The number of aliphatic hydroxyl groups excluding tert-OH is 15. The largest absolute Gasteiger partial charge is 0.394 e. The molecule has 0 aromatic heterocycles. The maximum atomic E-state index is 10.5. The van der Waals surface area contributed by atoms with Gasteiger partial charge in [-0.05, 0) is 48.7 Å².